The maximum Gasteiger partial charge on any atom is 0.339 e. The second-order valence-electron chi connectivity index (χ2n) is 7.93. The van der Waals surface area contributed by atoms with Gasteiger partial charge in [0, 0.05) is 25.7 Å². The van der Waals surface area contributed by atoms with E-state index >= 15 is 0 Å². The zero-order valence-corrected chi connectivity index (χ0v) is 21.6. The molecule has 2 aromatic rings. The number of hydrogen-bond donors (Lipinski definition) is 1. The number of rotatable bonds is 10. The summed E-state index contributed by atoms with van der Waals surface area (Å²) in [5.74, 6) is 0.228. The quantitative estimate of drug-likeness (QED) is 0.474. The van der Waals surface area contributed by atoms with Crippen molar-refractivity contribution in [1.82, 2.24) is 15.1 Å². The molecule has 1 N–H and O–H groups in total. The highest BCUT2D eigenvalue weighted by Gasteiger charge is 2.22. The summed E-state index contributed by atoms with van der Waals surface area (Å²) >= 11 is 11.8. The fraction of sp³-hybridized carbons (Fsp3) is 0.409. The van der Waals surface area contributed by atoms with Crippen molar-refractivity contribution in [2.75, 3.05) is 34.3 Å². The molecule has 2 amide bonds. The summed E-state index contributed by atoms with van der Waals surface area (Å²) in [7, 11) is 1.05. The lowest BCUT2D eigenvalue weighted by molar-refractivity contribution is 0.186. The first kappa shape index (κ1) is 27.0. The normalized spacial score (nSPS) is 11.5. The number of halogens is 2. The predicted octanol–water partition coefficient (Wildman–Crippen LogP) is 4.25. The summed E-state index contributed by atoms with van der Waals surface area (Å²) in [6.07, 6.45) is 0. The number of methoxy groups -OCH3 is 1. The number of hydrogen-bond acceptors (Lipinski definition) is 6. The first-order chi connectivity index (χ1) is 15.4. The van der Waals surface area contributed by atoms with E-state index in [1.807, 2.05) is 32.8 Å². The summed E-state index contributed by atoms with van der Waals surface area (Å²) in [6, 6.07) is 8.55. The van der Waals surface area contributed by atoms with Crippen molar-refractivity contribution < 1.29 is 22.1 Å². The third-order valence-electron chi connectivity index (χ3n) is 4.50. The highest BCUT2D eigenvalue weighted by molar-refractivity contribution is 7.87. The molecule has 0 aliphatic heterocycles. The summed E-state index contributed by atoms with van der Waals surface area (Å²) in [5.41, 5.74) is 0.674. The van der Waals surface area contributed by atoms with E-state index in [-0.39, 0.29) is 45.1 Å². The van der Waals surface area contributed by atoms with Crippen molar-refractivity contribution in [3.8, 4) is 11.5 Å². The maximum atomic E-state index is 12.8. The fourth-order valence-electron chi connectivity index (χ4n) is 2.82. The Morgan fingerprint density at radius 3 is 2.30 bits per heavy atom. The van der Waals surface area contributed by atoms with Crippen LogP contribution in [0.5, 0.6) is 11.5 Å². The molecule has 0 heterocycles. The molecule has 0 bridgehead atoms. The lowest BCUT2D eigenvalue weighted by Crippen LogP contribution is -2.45. The first-order valence-corrected chi connectivity index (χ1v) is 12.4. The van der Waals surface area contributed by atoms with E-state index in [4.69, 9.17) is 32.1 Å². The number of ether oxygens (including phenoxy) is 1. The molecule has 0 atom stereocenters. The van der Waals surface area contributed by atoms with Crippen LogP contribution >= 0.6 is 23.2 Å². The molecule has 0 aromatic heterocycles. The minimum atomic E-state index is -4.21. The van der Waals surface area contributed by atoms with E-state index in [1.165, 1.54) is 25.3 Å². The van der Waals surface area contributed by atoms with E-state index in [0.29, 0.717) is 18.7 Å². The Bertz CT molecular complexity index is 1080. The van der Waals surface area contributed by atoms with Gasteiger partial charge in [0.25, 0.3) is 0 Å². The molecule has 0 saturated carbocycles. The fourth-order valence-corrected chi connectivity index (χ4v) is 4.14. The standard InChI is InChI=1S/C22H29Cl2N3O5S/c1-15(2)25-22(28)27(11-10-26(3)4)14-16-6-9-20(31-5)21(12-16)32-33(29,30)17-7-8-18(23)19(24)13-17/h6-9,12-13,15H,10-11,14H2,1-5H3,(H,25,28). The van der Waals surface area contributed by atoms with Crippen LogP contribution in [0.25, 0.3) is 0 Å². The van der Waals surface area contributed by atoms with Gasteiger partial charge in [-0.15, -0.1) is 0 Å². The van der Waals surface area contributed by atoms with Gasteiger partial charge in [0.1, 0.15) is 4.90 Å². The molecule has 0 fully saturated rings. The molecule has 0 saturated heterocycles. The smallest absolute Gasteiger partial charge is 0.339 e. The van der Waals surface area contributed by atoms with Crippen LogP contribution in [0.15, 0.2) is 41.3 Å². The van der Waals surface area contributed by atoms with E-state index in [9.17, 15) is 13.2 Å². The van der Waals surface area contributed by atoms with Gasteiger partial charge in [0.05, 0.1) is 17.2 Å². The molecule has 0 unspecified atom stereocenters. The van der Waals surface area contributed by atoms with Crippen LogP contribution in [-0.4, -0.2) is 64.6 Å². The van der Waals surface area contributed by atoms with E-state index < -0.39 is 10.1 Å². The third-order valence-corrected chi connectivity index (χ3v) is 6.47. The SMILES string of the molecule is COc1ccc(CN(CCN(C)C)C(=O)NC(C)C)cc1OS(=O)(=O)c1ccc(Cl)c(Cl)c1. The van der Waals surface area contributed by atoms with Gasteiger partial charge in [-0.05, 0) is 63.8 Å². The number of urea groups is 1. The average Bonchev–Trinajstić information content (AvgIpc) is 2.72. The van der Waals surface area contributed by atoms with Crippen LogP contribution in [0.2, 0.25) is 10.0 Å². The molecule has 182 valence electrons. The number of benzene rings is 2. The number of nitrogens with zero attached hydrogens (tertiary/aromatic N) is 2. The predicted molar refractivity (Wildman–Crippen MR) is 130 cm³/mol. The van der Waals surface area contributed by atoms with Crippen molar-refractivity contribution >= 4 is 39.4 Å². The Morgan fingerprint density at radius 1 is 1.03 bits per heavy atom. The lowest BCUT2D eigenvalue weighted by Gasteiger charge is -2.26. The molecular formula is C22H29Cl2N3O5S. The molecule has 11 heteroatoms. The molecule has 33 heavy (non-hydrogen) atoms. The molecule has 0 radical (unpaired) electrons. The molecule has 2 rings (SSSR count). The zero-order chi connectivity index (χ0) is 24.8. The lowest BCUT2D eigenvalue weighted by atomic mass is 10.2. The average molecular weight is 518 g/mol. The molecule has 0 aliphatic carbocycles. The van der Waals surface area contributed by atoms with Crippen LogP contribution in [0.3, 0.4) is 0 Å². The van der Waals surface area contributed by atoms with Gasteiger partial charge in [-0.25, -0.2) is 4.79 Å². The molecule has 8 nitrogen and oxygen atoms in total. The Hall–Kier alpha value is -2.20. The summed E-state index contributed by atoms with van der Waals surface area (Å²) < 4.78 is 36.3. The van der Waals surface area contributed by atoms with Gasteiger partial charge < -0.3 is 24.0 Å². The van der Waals surface area contributed by atoms with Crippen molar-refractivity contribution in [1.29, 1.82) is 0 Å². The Morgan fingerprint density at radius 2 is 1.73 bits per heavy atom. The monoisotopic (exact) mass is 517 g/mol. The van der Waals surface area contributed by atoms with Crippen LogP contribution in [0, 0.1) is 0 Å². The van der Waals surface area contributed by atoms with Gasteiger partial charge in [-0.2, -0.15) is 8.42 Å². The van der Waals surface area contributed by atoms with E-state index in [2.05, 4.69) is 5.32 Å². The van der Waals surface area contributed by atoms with Crippen molar-refractivity contribution in [3.63, 3.8) is 0 Å². The number of carbonyl (C=O) groups excluding carboxylic acids is 1. The van der Waals surface area contributed by atoms with Gasteiger partial charge in [0.2, 0.25) is 0 Å². The van der Waals surface area contributed by atoms with Crippen LogP contribution in [0.4, 0.5) is 4.79 Å². The molecule has 2 aromatic carbocycles. The third kappa shape index (κ3) is 7.96. The number of carbonyl (C=O) groups is 1. The second kappa shape index (κ2) is 11.8. The van der Waals surface area contributed by atoms with Crippen LogP contribution in [0.1, 0.15) is 19.4 Å². The molecule has 0 spiro atoms. The number of likely N-dealkylation sites (N-methyl/N-ethyl adjacent to an activating group) is 1. The summed E-state index contributed by atoms with van der Waals surface area (Å²) in [4.78, 5) is 16.2. The minimum absolute atomic E-state index is 0.00194. The van der Waals surface area contributed by atoms with Crippen molar-refractivity contribution in [3.05, 3.63) is 52.0 Å². The summed E-state index contributed by atoms with van der Waals surface area (Å²) in [5, 5.41) is 3.21. The summed E-state index contributed by atoms with van der Waals surface area (Å²) in [6.45, 7) is 5.16. The molecular weight excluding hydrogens is 489 g/mol. The number of amides is 2. The largest absolute Gasteiger partial charge is 0.493 e. The van der Waals surface area contributed by atoms with E-state index in [1.54, 1.807) is 23.1 Å². The Kier molecular flexibility index (Phi) is 9.66. The Labute approximate surface area is 205 Å². The molecule has 0 aliphatic rings. The van der Waals surface area contributed by atoms with Gasteiger partial charge >= 0.3 is 16.1 Å². The Balaban J connectivity index is 2.32. The van der Waals surface area contributed by atoms with Gasteiger partial charge in [-0.3, -0.25) is 0 Å². The van der Waals surface area contributed by atoms with Crippen molar-refractivity contribution in [2.45, 2.75) is 31.3 Å². The van der Waals surface area contributed by atoms with Crippen LogP contribution < -0.4 is 14.2 Å². The second-order valence-corrected chi connectivity index (χ2v) is 10.3. The highest BCUT2D eigenvalue weighted by atomic mass is 35.5. The minimum Gasteiger partial charge on any atom is -0.493 e. The van der Waals surface area contributed by atoms with Gasteiger partial charge in [-0.1, -0.05) is 29.3 Å². The zero-order valence-electron chi connectivity index (χ0n) is 19.3. The van der Waals surface area contributed by atoms with Gasteiger partial charge in [0.15, 0.2) is 11.5 Å². The first-order valence-electron chi connectivity index (χ1n) is 10.2. The number of nitrogens with one attached hydrogen (secondary N) is 1. The van der Waals surface area contributed by atoms with Crippen LogP contribution in [-0.2, 0) is 16.7 Å². The van der Waals surface area contributed by atoms with Crippen molar-refractivity contribution in [2.24, 2.45) is 0 Å². The maximum absolute atomic E-state index is 12.8. The highest BCUT2D eigenvalue weighted by Crippen LogP contribution is 2.32. The van der Waals surface area contributed by atoms with E-state index in [0.717, 1.165) is 0 Å². The topological polar surface area (TPSA) is 88.2 Å².